The average Bonchev–Trinajstić information content (AvgIpc) is 3.14. The second-order valence-corrected chi connectivity index (χ2v) is 7.31. The van der Waals surface area contributed by atoms with Crippen molar-refractivity contribution in [2.75, 3.05) is 23.7 Å². The molecule has 0 aromatic heterocycles. The van der Waals surface area contributed by atoms with Gasteiger partial charge in [-0.3, -0.25) is 4.99 Å². The van der Waals surface area contributed by atoms with E-state index in [9.17, 15) is 4.79 Å². The summed E-state index contributed by atoms with van der Waals surface area (Å²) in [6, 6.07) is 12.9. The number of amidine groups is 1. The van der Waals surface area contributed by atoms with E-state index in [1.54, 1.807) is 6.07 Å². The average molecular weight is 407 g/mol. The second-order valence-electron chi connectivity index (χ2n) is 6.91. The maximum absolute atomic E-state index is 12.3. The Morgan fingerprint density at radius 1 is 1.15 bits per heavy atom. The van der Waals surface area contributed by atoms with E-state index < -0.39 is 0 Å². The summed E-state index contributed by atoms with van der Waals surface area (Å²) in [6.45, 7) is 7.84. The van der Waals surface area contributed by atoms with Crippen molar-refractivity contribution in [2.24, 2.45) is 4.99 Å². The van der Waals surface area contributed by atoms with Crippen molar-refractivity contribution in [1.29, 1.82) is 0 Å². The van der Waals surface area contributed by atoms with Crippen molar-refractivity contribution in [2.45, 2.75) is 26.2 Å². The molecule has 0 saturated heterocycles. The van der Waals surface area contributed by atoms with Gasteiger partial charge in [-0.1, -0.05) is 29.8 Å². The van der Waals surface area contributed by atoms with E-state index in [1.165, 1.54) is 0 Å². The number of hydrogen-bond acceptors (Lipinski definition) is 3. The number of hydrogen-bond donors (Lipinski definition) is 3. The Morgan fingerprint density at radius 3 is 2.48 bits per heavy atom. The minimum absolute atomic E-state index is 0. The lowest BCUT2D eigenvalue weighted by Crippen LogP contribution is -2.37. The normalized spacial score (nSPS) is 13.3. The van der Waals surface area contributed by atoms with E-state index in [2.05, 4.69) is 34.8 Å². The van der Waals surface area contributed by atoms with Crippen molar-refractivity contribution in [3.8, 4) is 0 Å². The Morgan fingerprint density at radius 2 is 1.85 bits per heavy atom. The first kappa shape index (κ1) is 21.1. The molecule has 0 aliphatic carbocycles. The number of halogens is 2. The number of carbonyl (C=O) groups excluding carboxylic acids is 1. The van der Waals surface area contributed by atoms with Crippen LogP contribution in [-0.2, 0) is 5.41 Å². The molecule has 1 aliphatic rings. The van der Waals surface area contributed by atoms with Crippen LogP contribution in [0, 0.1) is 6.92 Å². The zero-order valence-electron chi connectivity index (χ0n) is 15.6. The summed E-state index contributed by atoms with van der Waals surface area (Å²) in [6.07, 6.45) is 0. The van der Waals surface area contributed by atoms with E-state index in [0.29, 0.717) is 10.7 Å². The standard InChI is InChI=1S/C20H23ClN4O.ClH/c1-13-7-8-16(12-17(13)21)25-19(26)24-15-6-4-5-14(11-15)20(2,3)18-22-9-10-23-18;/h4-8,11-12H,9-10H2,1-3H3,(H,22,23)(H2,24,25,26);1H. The highest BCUT2D eigenvalue weighted by molar-refractivity contribution is 6.31. The summed E-state index contributed by atoms with van der Waals surface area (Å²) < 4.78 is 0. The van der Waals surface area contributed by atoms with E-state index in [0.717, 1.165) is 35.7 Å². The molecule has 5 nitrogen and oxygen atoms in total. The molecule has 3 rings (SSSR count). The number of carbonyl (C=O) groups is 1. The molecule has 0 saturated carbocycles. The number of nitrogens with one attached hydrogen (secondary N) is 3. The molecule has 0 atom stereocenters. The maximum Gasteiger partial charge on any atom is 0.323 e. The largest absolute Gasteiger partial charge is 0.371 e. The molecular weight excluding hydrogens is 383 g/mol. The van der Waals surface area contributed by atoms with Gasteiger partial charge in [-0.05, 0) is 56.2 Å². The first-order chi connectivity index (χ1) is 12.4. The molecule has 1 heterocycles. The van der Waals surface area contributed by atoms with Crippen LogP contribution in [0.4, 0.5) is 16.2 Å². The zero-order chi connectivity index (χ0) is 18.7. The molecule has 2 aromatic carbocycles. The molecule has 1 aliphatic heterocycles. The Kier molecular flexibility index (Phi) is 6.73. The van der Waals surface area contributed by atoms with Crippen molar-refractivity contribution < 1.29 is 4.79 Å². The molecule has 2 amide bonds. The minimum atomic E-state index is -0.309. The summed E-state index contributed by atoms with van der Waals surface area (Å²) in [5.41, 5.74) is 3.19. The summed E-state index contributed by atoms with van der Waals surface area (Å²) in [7, 11) is 0. The van der Waals surface area contributed by atoms with Crippen LogP contribution in [-0.4, -0.2) is 25.0 Å². The van der Waals surface area contributed by atoms with Gasteiger partial charge in [-0.25, -0.2) is 4.79 Å². The summed E-state index contributed by atoms with van der Waals surface area (Å²) in [5.74, 6) is 0.980. The smallest absolute Gasteiger partial charge is 0.323 e. The number of nitrogens with zero attached hydrogens (tertiary/aromatic N) is 1. The number of amides is 2. The molecule has 7 heteroatoms. The van der Waals surface area contributed by atoms with Crippen LogP contribution in [0.25, 0.3) is 0 Å². The van der Waals surface area contributed by atoms with Gasteiger partial charge < -0.3 is 16.0 Å². The molecule has 0 spiro atoms. The van der Waals surface area contributed by atoms with Gasteiger partial charge in [0.25, 0.3) is 0 Å². The minimum Gasteiger partial charge on any atom is -0.371 e. The molecular formula is C20H24Cl2N4O. The van der Waals surface area contributed by atoms with Crippen molar-refractivity contribution >= 4 is 47.2 Å². The van der Waals surface area contributed by atoms with Crippen LogP contribution in [0.2, 0.25) is 5.02 Å². The lowest BCUT2D eigenvalue weighted by molar-refractivity contribution is 0.262. The number of aryl methyl sites for hydroxylation is 1. The van der Waals surface area contributed by atoms with E-state index >= 15 is 0 Å². The predicted molar refractivity (Wildman–Crippen MR) is 116 cm³/mol. The fourth-order valence-corrected chi connectivity index (χ4v) is 3.08. The number of benzene rings is 2. The molecule has 0 unspecified atom stereocenters. The molecule has 0 bridgehead atoms. The van der Waals surface area contributed by atoms with E-state index in [4.69, 9.17) is 11.6 Å². The molecule has 144 valence electrons. The van der Waals surface area contributed by atoms with Gasteiger partial charge >= 0.3 is 6.03 Å². The van der Waals surface area contributed by atoms with Crippen LogP contribution >= 0.6 is 24.0 Å². The summed E-state index contributed by atoms with van der Waals surface area (Å²) >= 11 is 6.10. The second kappa shape index (κ2) is 8.63. The zero-order valence-corrected chi connectivity index (χ0v) is 17.2. The highest BCUT2D eigenvalue weighted by atomic mass is 35.5. The van der Waals surface area contributed by atoms with Crippen LogP contribution in [0.15, 0.2) is 47.5 Å². The van der Waals surface area contributed by atoms with Gasteiger partial charge in [0, 0.05) is 28.4 Å². The number of anilines is 2. The predicted octanol–water partition coefficient (Wildman–Crippen LogP) is 4.99. The molecule has 0 fully saturated rings. The molecule has 3 N–H and O–H groups in total. The molecule has 27 heavy (non-hydrogen) atoms. The van der Waals surface area contributed by atoms with Crippen molar-refractivity contribution in [3.63, 3.8) is 0 Å². The third-order valence-electron chi connectivity index (χ3n) is 4.54. The van der Waals surface area contributed by atoms with Crippen LogP contribution in [0.3, 0.4) is 0 Å². The van der Waals surface area contributed by atoms with E-state index in [1.807, 2.05) is 43.3 Å². The molecule has 0 radical (unpaired) electrons. The SMILES string of the molecule is Cc1ccc(NC(=O)Nc2cccc(C(C)(C)C3=NCCN3)c2)cc1Cl.Cl. The number of aliphatic imine (C=N–C) groups is 1. The monoisotopic (exact) mass is 406 g/mol. The maximum atomic E-state index is 12.3. The van der Waals surface area contributed by atoms with Gasteiger partial charge in [0.05, 0.1) is 6.54 Å². The van der Waals surface area contributed by atoms with Gasteiger partial charge in [0.2, 0.25) is 0 Å². The fourth-order valence-electron chi connectivity index (χ4n) is 2.90. The van der Waals surface area contributed by atoms with Crippen molar-refractivity contribution in [3.05, 3.63) is 58.6 Å². The first-order valence-electron chi connectivity index (χ1n) is 8.60. The fraction of sp³-hybridized carbons (Fsp3) is 0.300. The Labute approximate surface area is 171 Å². The highest BCUT2D eigenvalue weighted by Crippen LogP contribution is 2.27. The third kappa shape index (κ3) is 4.93. The van der Waals surface area contributed by atoms with E-state index in [-0.39, 0.29) is 23.9 Å². The Bertz CT molecular complexity index is 865. The number of rotatable bonds is 4. The Hall–Kier alpha value is -2.24. The molecule has 2 aromatic rings. The quantitative estimate of drug-likeness (QED) is 0.668. The lowest BCUT2D eigenvalue weighted by Gasteiger charge is -2.26. The first-order valence-corrected chi connectivity index (χ1v) is 8.97. The lowest BCUT2D eigenvalue weighted by atomic mass is 9.83. The van der Waals surface area contributed by atoms with Gasteiger partial charge in [-0.2, -0.15) is 0 Å². The highest BCUT2D eigenvalue weighted by Gasteiger charge is 2.29. The summed E-state index contributed by atoms with van der Waals surface area (Å²) in [4.78, 5) is 16.8. The van der Waals surface area contributed by atoms with Crippen LogP contribution in [0.5, 0.6) is 0 Å². The Balaban J connectivity index is 0.00000261. The van der Waals surface area contributed by atoms with Gasteiger partial charge in [-0.15, -0.1) is 12.4 Å². The van der Waals surface area contributed by atoms with Crippen molar-refractivity contribution in [1.82, 2.24) is 5.32 Å². The van der Waals surface area contributed by atoms with Gasteiger partial charge in [0.15, 0.2) is 0 Å². The summed E-state index contributed by atoms with van der Waals surface area (Å²) in [5, 5.41) is 9.63. The van der Waals surface area contributed by atoms with Crippen LogP contribution in [0.1, 0.15) is 25.0 Å². The number of urea groups is 1. The van der Waals surface area contributed by atoms with Crippen LogP contribution < -0.4 is 16.0 Å². The third-order valence-corrected chi connectivity index (χ3v) is 4.95. The topological polar surface area (TPSA) is 65.5 Å². The van der Waals surface area contributed by atoms with Gasteiger partial charge in [0.1, 0.15) is 5.84 Å².